The van der Waals surface area contributed by atoms with Crippen LogP contribution in [-0.4, -0.2) is 23.4 Å². The van der Waals surface area contributed by atoms with Gasteiger partial charge in [-0.2, -0.15) is 0 Å². The Morgan fingerprint density at radius 3 is 2.64 bits per heavy atom. The van der Waals surface area contributed by atoms with Crippen molar-refractivity contribution >= 4 is 5.91 Å². The van der Waals surface area contributed by atoms with Gasteiger partial charge in [-0.05, 0) is 25.2 Å². The average molecular weight is 195 g/mol. The largest absolute Gasteiger partial charge is 0.339 e. The van der Waals surface area contributed by atoms with Crippen LogP contribution in [-0.2, 0) is 4.79 Å². The number of amides is 1. The van der Waals surface area contributed by atoms with Crippen LogP contribution in [0.2, 0.25) is 0 Å². The summed E-state index contributed by atoms with van der Waals surface area (Å²) in [7, 11) is 0. The van der Waals surface area contributed by atoms with Gasteiger partial charge in [-0.1, -0.05) is 26.7 Å². The Labute approximate surface area is 86.7 Å². The Hall–Kier alpha value is -0.530. The van der Waals surface area contributed by atoms with Crippen LogP contribution in [0.15, 0.2) is 0 Å². The fourth-order valence-electron chi connectivity index (χ4n) is 3.01. The third kappa shape index (κ3) is 1.67. The Bertz CT molecular complexity index is 224. The second-order valence-electron chi connectivity index (χ2n) is 5.09. The maximum absolute atomic E-state index is 11.9. The lowest BCUT2D eigenvalue weighted by Crippen LogP contribution is -2.41. The van der Waals surface area contributed by atoms with Crippen molar-refractivity contribution in [3.63, 3.8) is 0 Å². The molecule has 0 aromatic carbocycles. The molecule has 1 heterocycles. The zero-order valence-corrected chi connectivity index (χ0v) is 9.33. The molecule has 80 valence electrons. The van der Waals surface area contributed by atoms with Gasteiger partial charge in [0, 0.05) is 18.5 Å². The van der Waals surface area contributed by atoms with E-state index in [4.69, 9.17) is 0 Å². The zero-order chi connectivity index (χ0) is 10.1. The number of likely N-dealkylation sites (tertiary alicyclic amines) is 1. The summed E-state index contributed by atoms with van der Waals surface area (Å²) in [6.45, 7) is 5.04. The van der Waals surface area contributed by atoms with E-state index in [0.717, 1.165) is 12.5 Å². The van der Waals surface area contributed by atoms with Crippen LogP contribution in [0.1, 0.15) is 46.0 Å². The van der Waals surface area contributed by atoms with Gasteiger partial charge in [0.1, 0.15) is 0 Å². The third-order valence-corrected chi connectivity index (χ3v) is 3.79. The molecule has 0 aromatic rings. The monoisotopic (exact) mass is 195 g/mol. The van der Waals surface area contributed by atoms with Gasteiger partial charge in [-0.3, -0.25) is 4.79 Å². The van der Waals surface area contributed by atoms with Gasteiger partial charge in [0.05, 0.1) is 0 Å². The molecular weight excluding hydrogens is 174 g/mol. The molecule has 0 spiro atoms. The fourth-order valence-corrected chi connectivity index (χ4v) is 3.01. The molecule has 0 N–H and O–H groups in total. The summed E-state index contributed by atoms with van der Waals surface area (Å²) >= 11 is 0. The van der Waals surface area contributed by atoms with Crippen LogP contribution >= 0.6 is 0 Å². The highest BCUT2D eigenvalue weighted by molar-refractivity contribution is 5.78. The molecule has 0 aromatic heterocycles. The smallest absolute Gasteiger partial charge is 0.225 e. The summed E-state index contributed by atoms with van der Waals surface area (Å²) in [5.74, 6) is 1.38. The quantitative estimate of drug-likeness (QED) is 0.629. The zero-order valence-electron chi connectivity index (χ0n) is 9.33. The van der Waals surface area contributed by atoms with Gasteiger partial charge in [0.2, 0.25) is 5.91 Å². The van der Waals surface area contributed by atoms with Crippen LogP contribution in [0.25, 0.3) is 0 Å². The van der Waals surface area contributed by atoms with Crippen molar-refractivity contribution < 1.29 is 4.79 Å². The first-order chi connectivity index (χ1) is 6.70. The molecule has 0 radical (unpaired) electrons. The van der Waals surface area contributed by atoms with Crippen molar-refractivity contribution in [2.75, 3.05) is 6.54 Å². The molecule has 2 aliphatic rings. The number of fused-ring (bicyclic) bond motifs is 1. The second kappa shape index (κ2) is 3.92. The summed E-state index contributed by atoms with van der Waals surface area (Å²) in [6.07, 6.45) is 6.56. The van der Waals surface area contributed by atoms with Crippen molar-refractivity contribution in [2.24, 2.45) is 11.8 Å². The molecule has 1 saturated heterocycles. The highest BCUT2D eigenvalue weighted by Gasteiger charge is 2.38. The molecule has 0 bridgehead atoms. The predicted octanol–water partition coefficient (Wildman–Crippen LogP) is 2.43. The topological polar surface area (TPSA) is 20.3 Å². The van der Waals surface area contributed by atoms with Gasteiger partial charge in [0.25, 0.3) is 0 Å². The van der Waals surface area contributed by atoms with E-state index >= 15 is 0 Å². The Morgan fingerprint density at radius 1 is 1.21 bits per heavy atom. The van der Waals surface area contributed by atoms with Gasteiger partial charge in [-0.15, -0.1) is 0 Å². The number of carbonyl (C=O) groups is 1. The minimum Gasteiger partial charge on any atom is -0.339 e. The molecule has 1 amide bonds. The lowest BCUT2D eigenvalue weighted by Gasteiger charge is -2.32. The van der Waals surface area contributed by atoms with Crippen molar-refractivity contribution in [3.05, 3.63) is 0 Å². The summed E-state index contributed by atoms with van der Waals surface area (Å²) < 4.78 is 0. The van der Waals surface area contributed by atoms with Crippen LogP contribution in [0.4, 0.5) is 0 Å². The molecule has 1 aliphatic carbocycles. The van der Waals surface area contributed by atoms with Crippen LogP contribution in [0.3, 0.4) is 0 Å². The highest BCUT2D eigenvalue weighted by atomic mass is 16.2. The van der Waals surface area contributed by atoms with E-state index in [-0.39, 0.29) is 5.92 Å². The first kappa shape index (κ1) is 10.0. The van der Waals surface area contributed by atoms with Gasteiger partial charge in [0.15, 0.2) is 0 Å². The average Bonchev–Trinajstić information content (AvgIpc) is 2.60. The first-order valence-electron chi connectivity index (χ1n) is 6.00. The molecule has 2 heteroatoms. The van der Waals surface area contributed by atoms with Gasteiger partial charge in [-0.25, -0.2) is 0 Å². The number of hydrogen-bond acceptors (Lipinski definition) is 1. The predicted molar refractivity (Wildman–Crippen MR) is 56.9 cm³/mol. The van der Waals surface area contributed by atoms with Crippen molar-refractivity contribution in [1.82, 2.24) is 4.90 Å². The van der Waals surface area contributed by atoms with E-state index in [0.29, 0.717) is 11.9 Å². The van der Waals surface area contributed by atoms with Crippen LogP contribution in [0, 0.1) is 11.8 Å². The molecule has 2 atom stereocenters. The number of rotatable bonds is 1. The third-order valence-electron chi connectivity index (χ3n) is 3.79. The molecule has 1 aliphatic heterocycles. The molecule has 2 nitrogen and oxygen atoms in total. The summed E-state index contributed by atoms with van der Waals surface area (Å²) in [6, 6.07) is 0.596. The second-order valence-corrected chi connectivity index (χ2v) is 5.09. The maximum atomic E-state index is 11.9. The van der Waals surface area contributed by atoms with E-state index in [9.17, 15) is 4.79 Å². The van der Waals surface area contributed by atoms with E-state index in [1.54, 1.807) is 0 Å². The van der Waals surface area contributed by atoms with E-state index in [1.807, 2.05) is 13.8 Å². The Balaban J connectivity index is 2.03. The number of hydrogen-bond donors (Lipinski definition) is 0. The molecular formula is C12H21NO. The standard InChI is InChI=1S/C12H21NO/c1-9(2)12(14)13-8-7-10-5-3-4-6-11(10)13/h9-11H,3-8H2,1-2H3. The maximum Gasteiger partial charge on any atom is 0.225 e. The minimum atomic E-state index is 0.177. The minimum absolute atomic E-state index is 0.177. The normalized spacial score (nSPS) is 32.1. The summed E-state index contributed by atoms with van der Waals surface area (Å²) in [5.41, 5.74) is 0. The van der Waals surface area contributed by atoms with E-state index in [1.165, 1.54) is 32.1 Å². The van der Waals surface area contributed by atoms with Gasteiger partial charge < -0.3 is 4.90 Å². The first-order valence-corrected chi connectivity index (χ1v) is 6.00. The summed E-state index contributed by atoms with van der Waals surface area (Å²) in [4.78, 5) is 14.1. The van der Waals surface area contributed by atoms with E-state index < -0.39 is 0 Å². The summed E-state index contributed by atoms with van der Waals surface area (Å²) in [5, 5.41) is 0. The Morgan fingerprint density at radius 2 is 1.93 bits per heavy atom. The van der Waals surface area contributed by atoms with Crippen LogP contribution in [0.5, 0.6) is 0 Å². The lowest BCUT2D eigenvalue weighted by molar-refractivity contribution is -0.136. The number of nitrogens with zero attached hydrogens (tertiary/aromatic N) is 1. The van der Waals surface area contributed by atoms with Crippen molar-refractivity contribution in [3.8, 4) is 0 Å². The Kier molecular flexibility index (Phi) is 2.80. The molecule has 2 unspecified atom stereocenters. The SMILES string of the molecule is CC(C)C(=O)N1CCC2CCCCC21. The molecule has 2 rings (SSSR count). The molecule has 14 heavy (non-hydrogen) atoms. The van der Waals surface area contributed by atoms with Gasteiger partial charge >= 0.3 is 0 Å². The molecule has 1 saturated carbocycles. The highest BCUT2D eigenvalue weighted by Crippen LogP contribution is 2.36. The van der Waals surface area contributed by atoms with Crippen LogP contribution < -0.4 is 0 Å². The molecule has 2 fully saturated rings. The van der Waals surface area contributed by atoms with Crippen molar-refractivity contribution in [1.29, 1.82) is 0 Å². The van der Waals surface area contributed by atoms with Crippen molar-refractivity contribution in [2.45, 2.75) is 52.0 Å². The lowest BCUT2D eigenvalue weighted by atomic mass is 9.85. The van der Waals surface area contributed by atoms with E-state index in [2.05, 4.69) is 4.90 Å². The number of carbonyl (C=O) groups excluding carboxylic acids is 1. The fraction of sp³-hybridized carbons (Fsp3) is 0.917.